The lowest BCUT2D eigenvalue weighted by Crippen LogP contribution is -2.37. The number of aryl methyl sites for hydroxylation is 2. The molecule has 0 bridgehead atoms. The van der Waals surface area contributed by atoms with Gasteiger partial charge in [0, 0.05) is 26.5 Å². The molecule has 0 atom stereocenters. The lowest BCUT2D eigenvalue weighted by atomic mass is 10.2. The molecule has 0 aliphatic heterocycles. The number of isothiocyanates is 1. The summed E-state index contributed by atoms with van der Waals surface area (Å²) in [5.74, 6) is -1.25. The van der Waals surface area contributed by atoms with Crippen LogP contribution in [0.3, 0.4) is 0 Å². The van der Waals surface area contributed by atoms with E-state index in [4.69, 9.17) is 9.47 Å². The van der Waals surface area contributed by atoms with Gasteiger partial charge >= 0.3 is 23.9 Å². The van der Waals surface area contributed by atoms with E-state index in [1.807, 2.05) is 0 Å². The summed E-state index contributed by atoms with van der Waals surface area (Å²) in [4.78, 5) is 34.3. The van der Waals surface area contributed by atoms with Crippen LogP contribution in [0.2, 0.25) is 0 Å². The molecule has 262 valence electrons. The van der Waals surface area contributed by atoms with Gasteiger partial charge in [0.25, 0.3) is 5.69 Å². The zero-order chi connectivity index (χ0) is 35.9. The third kappa shape index (κ3) is 21.3. The number of nitrogens with zero attached hydrogens (tertiary/aromatic N) is 4. The molecule has 0 aliphatic rings. The van der Waals surface area contributed by atoms with Crippen molar-refractivity contribution in [3.8, 4) is 0 Å². The fourth-order valence-electron chi connectivity index (χ4n) is 3.49. The molecular formula is C27H41F3N4O10S2. The standard InChI is InChI=1S/C10H9F3N3O2.C8H13NO2S.C8H16O2.CH4O4S/c1-14-7-4-3-6(16(17)18)5-8(7)15(2)9(14)10(11,12)13;1-8(10)11-6-4-2-3-5-9-7-12;1-3-4-5-6-7-10-8(2)9;1-5-6(2,3)4/h3-5H,1-2H3;2-6H2,1H3;3-7H2,1-2H3;1H3,(H,2,3,4)/q+1;;;/p-1. The minimum atomic E-state index is -4.52. The first kappa shape index (κ1) is 44.6. The van der Waals surface area contributed by atoms with E-state index in [0.717, 1.165) is 54.5 Å². The molecule has 0 fully saturated rings. The number of nitro benzene ring substituents is 1. The second-order valence-electron chi connectivity index (χ2n) is 9.22. The number of thiocarbonyl (C=S) groups is 1. The Labute approximate surface area is 271 Å². The van der Waals surface area contributed by atoms with Crippen LogP contribution in [0.15, 0.2) is 23.2 Å². The molecule has 2 aromatic rings. The number of esters is 2. The van der Waals surface area contributed by atoms with Crippen LogP contribution in [0.5, 0.6) is 0 Å². The monoisotopic (exact) mass is 702 g/mol. The highest BCUT2D eigenvalue weighted by Crippen LogP contribution is 2.30. The second-order valence-corrected chi connectivity index (χ2v) is 10.6. The molecule has 0 N–H and O–H groups in total. The number of non-ortho nitro benzene ring substituents is 1. The van der Waals surface area contributed by atoms with E-state index in [2.05, 4.69) is 33.5 Å². The average molecular weight is 703 g/mol. The fourth-order valence-corrected chi connectivity index (χ4v) is 3.58. The van der Waals surface area contributed by atoms with Crippen LogP contribution in [-0.4, -0.2) is 66.4 Å². The maximum Gasteiger partial charge on any atom is 0.495 e. The van der Waals surface area contributed by atoms with Crippen molar-refractivity contribution < 1.29 is 58.9 Å². The van der Waals surface area contributed by atoms with Gasteiger partial charge in [-0.3, -0.25) is 23.9 Å². The number of fused-ring (bicyclic) bond motifs is 1. The van der Waals surface area contributed by atoms with Crippen molar-refractivity contribution in [2.75, 3.05) is 26.9 Å². The minimum absolute atomic E-state index is 0.166. The van der Waals surface area contributed by atoms with Gasteiger partial charge in [-0.05, 0) is 44.0 Å². The fraction of sp³-hybridized carbons (Fsp3) is 0.630. The number of nitro groups is 1. The molecule has 0 spiro atoms. The molecule has 1 aromatic heterocycles. The van der Waals surface area contributed by atoms with Crippen molar-refractivity contribution in [1.82, 2.24) is 4.57 Å². The molecule has 0 amide bonds. The van der Waals surface area contributed by atoms with Crippen LogP contribution in [0.4, 0.5) is 18.9 Å². The molecule has 1 heterocycles. The Morgan fingerprint density at radius 1 is 1.07 bits per heavy atom. The van der Waals surface area contributed by atoms with E-state index in [1.54, 1.807) is 0 Å². The van der Waals surface area contributed by atoms with Crippen LogP contribution in [0.25, 0.3) is 11.0 Å². The third-order valence-corrected chi connectivity index (χ3v) is 6.11. The number of hydrogen-bond acceptors (Lipinski definition) is 12. The zero-order valence-corrected chi connectivity index (χ0v) is 28.3. The Morgan fingerprint density at radius 2 is 1.57 bits per heavy atom. The molecule has 0 radical (unpaired) electrons. The Morgan fingerprint density at radius 3 is 1.96 bits per heavy atom. The van der Waals surface area contributed by atoms with Gasteiger partial charge in [0.2, 0.25) is 10.4 Å². The molecule has 0 saturated heterocycles. The highest BCUT2D eigenvalue weighted by Gasteiger charge is 2.45. The van der Waals surface area contributed by atoms with E-state index in [1.165, 1.54) is 59.3 Å². The van der Waals surface area contributed by atoms with Gasteiger partial charge in [0.1, 0.15) is 0 Å². The Balaban J connectivity index is 0. The van der Waals surface area contributed by atoms with Crippen molar-refractivity contribution in [1.29, 1.82) is 0 Å². The maximum atomic E-state index is 12.8. The maximum absolute atomic E-state index is 12.8. The molecule has 1 aromatic carbocycles. The van der Waals surface area contributed by atoms with Crippen LogP contribution >= 0.6 is 12.2 Å². The predicted molar refractivity (Wildman–Crippen MR) is 164 cm³/mol. The molecule has 0 aliphatic carbocycles. The highest BCUT2D eigenvalue weighted by atomic mass is 32.3. The summed E-state index contributed by atoms with van der Waals surface area (Å²) in [6.07, 6.45) is 3.00. The predicted octanol–water partition coefficient (Wildman–Crippen LogP) is 4.98. The van der Waals surface area contributed by atoms with Crippen molar-refractivity contribution in [3.63, 3.8) is 0 Å². The minimum Gasteiger partial charge on any atom is -0.726 e. The SMILES string of the molecule is CC(=O)OCCCCCN=C=S.CCCCCCOC(C)=O.COS(=O)(=O)[O-].Cn1c(C(F)(F)F)[n+](C)c2ccc([N+](=O)[O-])cc21. The molecule has 0 saturated carbocycles. The zero-order valence-electron chi connectivity index (χ0n) is 26.6. The summed E-state index contributed by atoms with van der Waals surface area (Å²) in [6.45, 7) is 6.84. The Kier molecular flexibility index (Phi) is 23.1. The van der Waals surface area contributed by atoms with Gasteiger partial charge in [-0.1, -0.05) is 26.2 Å². The summed E-state index contributed by atoms with van der Waals surface area (Å²) in [5.41, 5.74) is 0.215. The molecule has 46 heavy (non-hydrogen) atoms. The van der Waals surface area contributed by atoms with Crippen molar-refractivity contribution in [2.45, 2.75) is 71.9 Å². The summed E-state index contributed by atoms with van der Waals surface area (Å²) in [5, 5.41) is 12.9. The van der Waals surface area contributed by atoms with Crippen molar-refractivity contribution in [3.05, 3.63) is 34.1 Å². The van der Waals surface area contributed by atoms with Crippen LogP contribution in [0.1, 0.15) is 71.5 Å². The number of imidazole rings is 1. The number of rotatable bonds is 13. The van der Waals surface area contributed by atoms with Gasteiger partial charge in [0.15, 0.2) is 11.0 Å². The number of aromatic nitrogens is 2. The summed E-state index contributed by atoms with van der Waals surface area (Å²) in [7, 11) is -1.10. The molecule has 14 nitrogen and oxygen atoms in total. The molecular weight excluding hydrogens is 661 g/mol. The van der Waals surface area contributed by atoms with E-state index in [-0.39, 0.29) is 28.7 Å². The van der Waals surface area contributed by atoms with Gasteiger partial charge < -0.3 is 14.0 Å². The molecule has 2 rings (SSSR count). The van der Waals surface area contributed by atoms with Gasteiger partial charge in [0.05, 0.1) is 50.6 Å². The lowest BCUT2D eigenvalue weighted by Gasteiger charge is -2.01. The van der Waals surface area contributed by atoms with Gasteiger partial charge in [-0.15, -0.1) is 0 Å². The van der Waals surface area contributed by atoms with Gasteiger partial charge in [-0.2, -0.15) is 13.2 Å². The Bertz CT molecular complexity index is 1390. The lowest BCUT2D eigenvalue weighted by molar-refractivity contribution is -0.667. The number of ether oxygens (including phenoxy) is 2. The topological polar surface area (TPSA) is 183 Å². The van der Waals surface area contributed by atoms with E-state index >= 15 is 0 Å². The number of unbranched alkanes of at least 4 members (excludes halogenated alkanes) is 5. The normalized spacial score (nSPS) is 10.6. The number of aliphatic imine (C=N–C) groups is 1. The van der Waals surface area contributed by atoms with E-state index in [0.29, 0.717) is 13.2 Å². The third-order valence-electron chi connectivity index (χ3n) is 5.57. The quantitative estimate of drug-likeness (QED) is 0.0316. The highest BCUT2D eigenvalue weighted by molar-refractivity contribution is 7.80. The van der Waals surface area contributed by atoms with Crippen LogP contribution in [-0.2, 0) is 53.9 Å². The van der Waals surface area contributed by atoms with Crippen molar-refractivity contribution >= 4 is 56.4 Å². The van der Waals surface area contributed by atoms with Crippen LogP contribution < -0.4 is 4.57 Å². The molecule has 0 unspecified atom stereocenters. The first-order valence-electron chi connectivity index (χ1n) is 13.9. The Hall–Kier alpha value is -3.51. The summed E-state index contributed by atoms with van der Waals surface area (Å²) < 4.78 is 80.9. The number of alkyl halides is 3. The summed E-state index contributed by atoms with van der Waals surface area (Å²) in [6, 6.07) is 3.62. The first-order valence-corrected chi connectivity index (χ1v) is 15.6. The van der Waals surface area contributed by atoms with E-state index in [9.17, 15) is 45.8 Å². The smallest absolute Gasteiger partial charge is 0.495 e. The number of carbonyl (C=O) groups excluding carboxylic acids is 2. The average Bonchev–Trinajstić information content (AvgIpc) is 3.22. The van der Waals surface area contributed by atoms with E-state index < -0.39 is 27.3 Å². The van der Waals surface area contributed by atoms with Crippen molar-refractivity contribution in [2.24, 2.45) is 19.1 Å². The number of halogens is 3. The van der Waals surface area contributed by atoms with Crippen LogP contribution in [0, 0.1) is 10.1 Å². The number of carbonyl (C=O) groups is 2. The molecule has 19 heteroatoms. The number of benzene rings is 1. The second kappa shape index (κ2) is 23.8. The largest absolute Gasteiger partial charge is 0.726 e. The van der Waals surface area contributed by atoms with Gasteiger partial charge in [-0.25, -0.2) is 22.5 Å². The number of hydrogen-bond donors (Lipinski definition) is 0. The summed E-state index contributed by atoms with van der Waals surface area (Å²) >= 11 is 4.40. The first-order chi connectivity index (χ1) is 21.3.